The van der Waals surface area contributed by atoms with Crippen molar-refractivity contribution in [2.75, 3.05) is 14.2 Å². The highest BCUT2D eigenvalue weighted by atomic mass is 32.1. The van der Waals surface area contributed by atoms with Crippen molar-refractivity contribution < 1.29 is 14.3 Å². The molecule has 0 spiro atoms. The molecule has 0 saturated carbocycles. The van der Waals surface area contributed by atoms with Crippen molar-refractivity contribution >= 4 is 17.1 Å². The SMILES string of the molecule is CCCc1cc(C(=O)Cc2nc(C)cs2)c(OC)cc1OC. The third-order valence-electron chi connectivity index (χ3n) is 3.40. The molecule has 2 rings (SSSR count). The molecule has 0 N–H and O–H groups in total. The van der Waals surface area contributed by atoms with E-state index in [0.29, 0.717) is 17.7 Å². The molecule has 22 heavy (non-hydrogen) atoms. The van der Waals surface area contributed by atoms with E-state index < -0.39 is 0 Å². The molecule has 0 unspecified atom stereocenters. The highest BCUT2D eigenvalue weighted by Crippen LogP contribution is 2.31. The van der Waals surface area contributed by atoms with Gasteiger partial charge in [0, 0.05) is 17.1 Å². The van der Waals surface area contributed by atoms with Crippen LogP contribution in [0, 0.1) is 6.92 Å². The van der Waals surface area contributed by atoms with Gasteiger partial charge in [-0.25, -0.2) is 4.98 Å². The van der Waals surface area contributed by atoms with Crippen LogP contribution in [0.5, 0.6) is 11.5 Å². The minimum absolute atomic E-state index is 0.0196. The van der Waals surface area contributed by atoms with Crippen LogP contribution in [-0.4, -0.2) is 25.0 Å². The third kappa shape index (κ3) is 3.65. The maximum atomic E-state index is 12.6. The lowest BCUT2D eigenvalue weighted by atomic mass is 10.0. The maximum absolute atomic E-state index is 12.6. The minimum Gasteiger partial charge on any atom is -0.496 e. The van der Waals surface area contributed by atoms with Crippen LogP contribution in [0.4, 0.5) is 0 Å². The molecule has 0 aliphatic carbocycles. The number of methoxy groups -OCH3 is 2. The molecule has 1 heterocycles. The predicted molar refractivity (Wildman–Crippen MR) is 88.4 cm³/mol. The Morgan fingerprint density at radius 2 is 1.95 bits per heavy atom. The summed E-state index contributed by atoms with van der Waals surface area (Å²) in [4.78, 5) is 17.0. The highest BCUT2D eigenvalue weighted by Gasteiger charge is 2.18. The smallest absolute Gasteiger partial charge is 0.173 e. The molecule has 4 nitrogen and oxygen atoms in total. The molecule has 0 saturated heterocycles. The number of benzene rings is 1. The van der Waals surface area contributed by atoms with Crippen molar-refractivity contribution in [3.63, 3.8) is 0 Å². The summed E-state index contributed by atoms with van der Waals surface area (Å²) in [6, 6.07) is 3.69. The maximum Gasteiger partial charge on any atom is 0.173 e. The van der Waals surface area contributed by atoms with Crippen LogP contribution in [0.1, 0.15) is 40.0 Å². The Labute approximate surface area is 135 Å². The van der Waals surface area contributed by atoms with Gasteiger partial charge in [-0.3, -0.25) is 4.79 Å². The Bertz CT molecular complexity index is 664. The minimum atomic E-state index is 0.0196. The van der Waals surface area contributed by atoms with Crippen molar-refractivity contribution in [2.24, 2.45) is 0 Å². The molecule has 0 aliphatic heterocycles. The van der Waals surface area contributed by atoms with E-state index in [-0.39, 0.29) is 5.78 Å². The molecular weight excluding hydrogens is 298 g/mol. The fourth-order valence-electron chi connectivity index (χ4n) is 2.36. The zero-order chi connectivity index (χ0) is 16.1. The number of Topliss-reactive ketones (excluding diaryl/α,β-unsaturated/α-hetero) is 1. The van der Waals surface area contributed by atoms with Gasteiger partial charge < -0.3 is 9.47 Å². The van der Waals surface area contributed by atoms with Crippen LogP contribution >= 0.6 is 11.3 Å². The molecule has 1 aromatic heterocycles. The second-order valence-electron chi connectivity index (χ2n) is 5.10. The monoisotopic (exact) mass is 319 g/mol. The van der Waals surface area contributed by atoms with E-state index in [1.165, 1.54) is 11.3 Å². The summed E-state index contributed by atoms with van der Waals surface area (Å²) in [6.07, 6.45) is 2.15. The number of carbonyl (C=O) groups is 1. The lowest BCUT2D eigenvalue weighted by molar-refractivity contribution is 0.0990. The van der Waals surface area contributed by atoms with E-state index in [9.17, 15) is 4.79 Å². The lowest BCUT2D eigenvalue weighted by Gasteiger charge is -2.13. The summed E-state index contributed by atoms with van der Waals surface area (Å²) in [5.74, 6) is 1.33. The fraction of sp³-hybridized carbons (Fsp3) is 0.412. The molecule has 2 aromatic rings. The van der Waals surface area contributed by atoms with Gasteiger partial charge in [-0.15, -0.1) is 11.3 Å². The molecule has 0 bridgehead atoms. The van der Waals surface area contributed by atoms with E-state index in [4.69, 9.17) is 9.47 Å². The van der Waals surface area contributed by atoms with Crippen LogP contribution in [-0.2, 0) is 12.8 Å². The number of rotatable bonds is 7. The van der Waals surface area contributed by atoms with Crippen LogP contribution in [0.3, 0.4) is 0 Å². The topological polar surface area (TPSA) is 48.4 Å². The van der Waals surface area contributed by atoms with E-state index in [0.717, 1.165) is 34.9 Å². The van der Waals surface area contributed by atoms with Gasteiger partial charge in [0.05, 0.1) is 26.2 Å². The van der Waals surface area contributed by atoms with Gasteiger partial charge in [0.25, 0.3) is 0 Å². The number of nitrogens with zero attached hydrogens (tertiary/aromatic N) is 1. The summed E-state index contributed by atoms with van der Waals surface area (Å²) in [6.45, 7) is 4.03. The van der Waals surface area contributed by atoms with Crippen LogP contribution in [0.2, 0.25) is 0 Å². The number of ether oxygens (including phenoxy) is 2. The molecule has 0 atom stereocenters. The van der Waals surface area contributed by atoms with E-state index in [1.54, 1.807) is 20.3 Å². The number of ketones is 1. The molecular formula is C17H21NO3S. The normalized spacial score (nSPS) is 10.5. The first-order valence-corrected chi connectivity index (χ1v) is 8.16. The van der Waals surface area contributed by atoms with Gasteiger partial charge in [0.15, 0.2) is 5.78 Å². The second kappa shape index (κ2) is 7.40. The lowest BCUT2D eigenvalue weighted by Crippen LogP contribution is -2.07. The predicted octanol–water partition coefficient (Wildman–Crippen LogP) is 3.85. The zero-order valence-corrected chi connectivity index (χ0v) is 14.3. The van der Waals surface area contributed by atoms with Gasteiger partial charge in [-0.05, 0) is 25.0 Å². The first-order valence-electron chi connectivity index (χ1n) is 7.28. The molecule has 0 amide bonds. The summed E-state index contributed by atoms with van der Waals surface area (Å²) in [7, 11) is 3.20. The molecule has 1 aromatic carbocycles. The molecule has 0 aliphatic rings. The Balaban J connectivity index is 2.34. The Kier molecular flexibility index (Phi) is 5.55. The van der Waals surface area contributed by atoms with Crippen LogP contribution < -0.4 is 9.47 Å². The first-order chi connectivity index (χ1) is 10.6. The summed E-state index contributed by atoms with van der Waals surface area (Å²) in [5, 5.41) is 2.79. The van der Waals surface area contributed by atoms with Crippen molar-refractivity contribution in [1.82, 2.24) is 4.98 Å². The summed E-state index contributed by atoms with van der Waals surface area (Å²) in [5.41, 5.74) is 2.57. The average molecular weight is 319 g/mol. The summed E-state index contributed by atoms with van der Waals surface area (Å²) < 4.78 is 10.8. The highest BCUT2D eigenvalue weighted by molar-refractivity contribution is 7.09. The number of aromatic nitrogens is 1. The van der Waals surface area contributed by atoms with Crippen molar-refractivity contribution in [2.45, 2.75) is 33.1 Å². The Morgan fingerprint density at radius 1 is 1.23 bits per heavy atom. The van der Waals surface area contributed by atoms with Gasteiger partial charge in [0.1, 0.15) is 16.5 Å². The standard InChI is InChI=1S/C17H21NO3S/c1-5-6-12-7-13(16(21-4)9-15(12)20-3)14(19)8-17-18-11(2)10-22-17/h7,9-10H,5-6,8H2,1-4H3. The third-order valence-corrected chi connectivity index (χ3v) is 4.37. The molecule has 0 fully saturated rings. The van der Waals surface area contributed by atoms with Crippen LogP contribution in [0.15, 0.2) is 17.5 Å². The Hall–Kier alpha value is -1.88. The molecule has 0 radical (unpaired) electrons. The van der Waals surface area contributed by atoms with Crippen molar-refractivity contribution in [3.05, 3.63) is 39.3 Å². The van der Waals surface area contributed by atoms with Crippen LogP contribution in [0.25, 0.3) is 0 Å². The number of thiazole rings is 1. The number of hydrogen-bond acceptors (Lipinski definition) is 5. The zero-order valence-electron chi connectivity index (χ0n) is 13.4. The van der Waals surface area contributed by atoms with Gasteiger partial charge >= 0.3 is 0 Å². The van der Waals surface area contributed by atoms with E-state index in [1.807, 2.05) is 18.4 Å². The first kappa shape index (κ1) is 16.5. The van der Waals surface area contributed by atoms with Gasteiger partial charge in [0.2, 0.25) is 0 Å². The second-order valence-corrected chi connectivity index (χ2v) is 6.04. The molecule has 118 valence electrons. The molecule has 5 heteroatoms. The Morgan fingerprint density at radius 3 is 2.50 bits per heavy atom. The average Bonchev–Trinajstić information content (AvgIpc) is 2.92. The summed E-state index contributed by atoms with van der Waals surface area (Å²) >= 11 is 1.51. The fourth-order valence-corrected chi connectivity index (χ4v) is 3.13. The number of carbonyl (C=O) groups excluding carboxylic acids is 1. The van der Waals surface area contributed by atoms with Gasteiger partial charge in [-0.1, -0.05) is 13.3 Å². The quantitative estimate of drug-likeness (QED) is 0.727. The van der Waals surface area contributed by atoms with Gasteiger partial charge in [-0.2, -0.15) is 0 Å². The number of aryl methyl sites for hydroxylation is 2. The van der Waals surface area contributed by atoms with E-state index in [2.05, 4.69) is 11.9 Å². The largest absolute Gasteiger partial charge is 0.496 e. The van der Waals surface area contributed by atoms with Crippen molar-refractivity contribution in [1.29, 1.82) is 0 Å². The van der Waals surface area contributed by atoms with E-state index >= 15 is 0 Å². The number of hydrogen-bond donors (Lipinski definition) is 0. The van der Waals surface area contributed by atoms with Crippen molar-refractivity contribution in [3.8, 4) is 11.5 Å².